The molecule has 0 radical (unpaired) electrons. The third kappa shape index (κ3) is 1.81. The van der Waals surface area contributed by atoms with Crippen molar-refractivity contribution < 1.29 is 9.53 Å². The lowest BCUT2D eigenvalue weighted by Crippen LogP contribution is -1.93. The van der Waals surface area contributed by atoms with Crippen LogP contribution in [0.15, 0.2) is 30.5 Å². The second-order valence-electron chi connectivity index (χ2n) is 3.14. The van der Waals surface area contributed by atoms with Crippen LogP contribution in [0.1, 0.15) is 17.3 Å². The van der Waals surface area contributed by atoms with Gasteiger partial charge < -0.3 is 4.74 Å². The Morgan fingerprint density at radius 1 is 1.47 bits per heavy atom. The van der Waals surface area contributed by atoms with Crippen molar-refractivity contribution in [2.45, 2.75) is 6.92 Å². The summed E-state index contributed by atoms with van der Waals surface area (Å²) in [7, 11) is 0. The summed E-state index contributed by atoms with van der Waals surface area (Å²) in [5, 5.41) is 0.879. The summed E-state index contributed by atoms with van der Waals surface area (Å²) in [4.78, 5) is 14.8. The van der Waals surface area contributed by atoms with E-state index in [1.165, 1.54) is 0 Å². The second kappa shape index (κ2) is 4.09. The zero-order chi connectivity index (χ0) is 10.7. The highest BCUT2D eigenvalue weighted by molar-refractivity contribution is 5.89. The van der Waals surface area contributed by atoms with Crippen LogP contribution in [0.4, 0.5) is 0 Å². The van der Waals surface area contributed by atoms with Crippen molar-refractivity contribution in [1.29, 1.82) is 0 Å². The number of benzene rings is 1. The van der Waals surface area contributed by atoms with Crippen LogP contribution in [0.3, 0.4) is 0 Å². The fourth-order valence-corrected chi connectivity index (χ4v) is 1.48. The van der Waals surface area contributed by atoms with Crippen LogP contribution in [0, 0.1) is 0 Å². The van der Waals surface area contributed by atoms with Crippen molar-refractivity contribution in [1.82, 2.24) is 4.98 Å². The molecule has 2 aromatic rings. The summed E-state index contributed by atoms with van der Waals surface area (Å²) in [6, 6.07) is 7.45. The van der Waals surface area contributed by atoms with Crippen molar-refractivity contribution in [3.05, 3.63) is 36.0 Å². The number of pyridine rings is 1. The molecule has 0 spiro atoms. The number of fused-ring (bicyclic) bond motifs is 1. The number of nitrogens with zero attached hydrogens (tertiary/aromatic N) is 1. The summed E-state index contributed by atoms with van der Waals surface area (Å²) < 4.78 is 5.46. The average molecular weight is 201 g/mol. The van der Waals surface area contributed by atoms with Gasteiger partial charge in [-0.15, -0.1) is 0 Å². The summed E-state index contributed by atoms with van der Waals surface area (Å²) in [6.45, 7) is 2.53. The van der Waals surface area contributed by atoms with Crippen LogP contribution in [-0.4, -0.2) is 17.9 Å². The predicted molar refractivity (Wildman–Crippen MR) is 58.3 cm³/mol. The van der Waals surface area contributed by atoms with Gasteiger partial charge in [0.15, 0.2) is 6.29 Å². The van der Waals surface area contributed by atoms with Gasteiger partial charge in [0, 0.05) is 17.1 Å². The van der Waals surface area contributed by atoms with E-state index >= 15 is 0 Å². The first-order valence-electron chi connectivity index (χ1n) is 4.82. The molecule has 0 bridgehead atoms. The Bertz CT molecular complexity index is 494. The van der Waals surface area contributed by atoms with Gasteiger partial charge >= 0.3 is 0 Å². The van der Waals surface area contributed by atoms with E-state index in [4.69, 9.17) is 4.74 Å². The molecule has 3 nitrogen and oxygen atoms in total. The van der Waals surface area contributed by atoms with Crippen LogP contribution in [0.5, 0.6) is 5.75 Å². The maximum absolute atomic E-state index is 10.6. The second-order valence-corrected chi connectivity index (χ2v) is 3.14. The molecule has 2 rings (SSSR count). The van der Waals surface area contributed by atoms with E-state index in [0.717, 1.165) is 22.9 Å². The molecule has 0 atom stereocenters. The van der Waals surface area contributed by atoms with E-state index in [0.29, 0.717) is 12.2 Å². The van der Waals surface area contributed by atoms with E-state index in [-0.39, 0.29) is 0 Å². The lowest BCUT2D eigenvalue weighted by molar-refractivity contribution is 0.112. The van der Waals surface area contributed by atoms with Crippen molar-refractivity contribution in [3.63, 3.8) is 0 Å². The van der Waals surface area contributed by atoms with E-state index in [1.807, 2.05) is 25.1 Å². The molecular weight excluding hydrogens is 190 g/mol. The lowest BCUT2D eigenvalue weighted by atomic mass is 10.1. The van der Waals surface area contributed by atoms with Gasteiger partial charge in [0.1, 0.15) is 5.75 Å². The van der Waals surface area contributed by atoms with E-state index < -0.39 is 0 Å². The van der Waals surface area contributed by atoms with Gasteiger partial charge in [-0.05, 0) is 25.1 Å². The summed E-state index contributed by atoms with van der Waals surface area (Å²) in [5.74, 6) is 0.770. The fourth-order valence-electron chi connectivity index (χ4n) is 1.48. The first-order chi connectivity index (χ1) is 7.35. The summed E-state index contributed by atoms with van der Waals surface area (Å²) in [5.41, 5.74) is 1.40. The number of aldehydes is 1. The number of hydrogen-bond donors (Lipinski definition) is 0. The zero-order valence-electron chi connectivity index (χ0n) is 8.43. The molecule has 0 aliphatic carbocycles. The minimum atomic E-state index is 0.564. The van der Waals surface area contributed by atoms with Gasteiger partial charge in [0.05, 0.1) is 12.1 Å². The summed E-state index contributed by atoms with van der Waals surface area (Å²) >= 11 is 0. The molecule has 0 amide bonds. The number of hydrogen-bond acceptors (Lipinski definition) is 3. The van der Waals surface area contributed by atoms with Crippen LogP contribution < -0.4 is 4.74 Å². The highest BCUT2D eigenvalue weighted by atomic mass is 16.5. The molecule has 0 aliphatic rings. The van der Waals surface area contributed by atoms with Gasteiger partial charge in [0.25, 0.3) is 0 Å². The Hall–Kier alpha value is -1.90. The maximum Gasteiger partial charge on any atom is 0.151 e. The standard InChI is InChI=1S/C12H11NO2/c1-2-15-12-5-3-4-11-10(12)6-9(8-14)7-13-11/h3-8H,2H2,1H3. The summed E-state index contributed by atoms with van der Waals surface area (Å²) in [6.07, 6.45) is 2.35. The first kappa shape index (κ1) is 9.65. The van der Waals surface area contributed by atoms with Crippen LogP contribution in [0.2, 0.25) is 0 Å². The monoisotopic (exact) mass is 201 g/mol. The van der Waals surface area contributed by atoms with Crippen LogP contribution in [0.25, 0.3) is 10.9 Å². The van der Waals surface area contributed by atoms with Gasteiger partial charge in [-0.25, -0.2) is 0 Å². The van der Waals surface area contributed by atoms with Gasteiger partial charge in [-0.2, -0.15) is 0 Å². The number of aromatic nitrogens is 1. The highest BCUT2D eigenvalue weighted by Crippen LogP contribution is 2.24. The van der Waals surface area contributed by atoms with Gasteiger partial charge in [0.2, 0.25) is 0 Å². The van der Waals surface area contributed by atoms with Crippen molar-refractivity contribution in [3.8, 4) is 5.75 Å². The Kier molecular flexibility index (Phi) is 2.63. The number of ether oxygens (including phenoxy) is 1. The maximum atomic E-state index is 10.6. The molecular formula is C12H11NO2. The first-order valence-corrected chi connectivity index (χ1v) is 4.82. The fraction of sp³-hybridized carbons (Fsp3) is 0.167. The van der Waals surface area contributed by atoms with E-state index in [2.05, 4.69) is 4.98 Å². The topological polar surface area (TPSA) is 39.2 Å². The molecule has 1 aromatic carbocycles. The van der Waals surface area contributed by atoms with Crippen molar-refractivity contribution in [2.75, 3.05) is 6.61 Å². The quantitative estimate of drug-likeness (QED) is 0.716. The van der Waals surface area contributed by atoms with Crippen LogP contribution in [-0.2, 0) is 0 Å². The molecule has 15 heavy (non-hydrogen) atoms. The smallest absolute Gasteiger partial charge is 0.151 e. The highest BCUT2D eigenvalue weighted by Gasteiger charge is 2.03. The molecule has 0 N–H and O–H groups in total. The molecule has 1 aromatic heterocycles. The third-order valence-electron chi connectivity index (χ3n) is 2.14. The molecule has 0 saturated carbocycles. The Labute approximate surface area is 87.7 Å². The largest absolute Gasteiger partial charge is 0.493 e. The van der Waals surface area contributed by atoms with E-state index in [9.17, 15) is 4.79 Å². The average Bonchev–Trinajstić information content (AvgIpc) is 2.29. The van der Waals surface area contributed by atoms with Gasteiger partial charge in [-0.1, -0.05) is 6.07 Å². The SMILES string of the molecule is CCOc1cccc2ncc(C=O)cc12. The van der Waals surface area contributed by atoms with Crippen LogP contribution >= 0.6 is 0 Å². The number of carbonyl (C=O) groups excluding carboxylic acids is 1. The Balaban J connectivity index is 2.64. The predicted octanol–water partition coefficient (Wildman–Crippen LogP) is 2.45. The zero-order valence-corrected chi connectivity index (χ0v) is 8.43. The molecule has 0 aliphatic heterocycles. The number of rotatable bonds is 3. The minimum absolute atomic E-state index is 0.564. The van der Waals surface area contributed by atoms with E-state index in [1.54, 1.807) is 12.3 Å². The normalized spacial score (nSPS) is 10.2. The Morgan fingerprint density at radius 3 is 3.07 bits per heavy atom. The molecule has 1 heterocycles. The number of carbonyl (C=O) groups is 1. The molecule has 0 fully saturated rings. The minimum Gasteiger partial charge on any atom is -0.493 e. The van der Waals surface area contributed by atoms with Gasteiger partial charge in [-0.3, -0.25) is 9.78 Å². The van der Waals surface area contributed by atoms with Crippen molar-refractivity contribution >= 4 is 17.2 Å². The molecule has 76 valence electrons. The third-order valence-corrected chi connectivity index (χ3v) is 2.14. The lowest BCUT2D eigenvalue weighted by Gasteiger charge is -2.06. The molecule has 3 heteroatoms. The Morgan fingerprint density at radius 2 is 2.33 bits per heavy atom. The molecule has 0 unspecified atom stereocenters. The molecule has 0 saturated heterocycles. The van der Waals surface area contributed by atoms with Crippen molar-refractivity contribution in [2.24, 2.45) is 0 Å².